The number of aryl methyl sites for hydroxylation is 1. The number of thiophene rings is 1. The largest absolute Gasteiger partial charge is 0.325 e. The standard InChI is InChI=1S/C24H26N2O2S/c1-4-18-7-9-20(10-8-18)23(22-6-5-15-29-22)25-16(2)24(28)26-21-13-11-19(12-14-21)17(3)27/h5-16,23,25H,4H2,1-3H3,(H,26,28)/t16-,23+/m1/s1. The van der Waals surface area contributed by atoms with E-state index in [1.807, 2.05) is 18.4 Å². The first-order valence-electron chi connectivity index (χ1n) is 9.78. The summed E-state index contributed by atoms with van der Waals surface area (Å²) in [4.78, 5) is 25.3. The molecule has 0 aliphatic carbocycles. The van der Waals surface area contributed by atoms with Crippen LogP contribution in [0, 0.1) is 0 Å². The van der Waals surface area contributed by atoms with E-state index in [9.17, 15) is 9.59 Å². The molecule has 0 spiro atoms. The van der Waals surface area contributed by atoms with E-state index < -0.39 is 6.04 Å². The third-order valence-corrected chi connectivity index (χ3v) is 5.86. The van der Waals surface area contributed by atoms with Crippen LogP contribution in [0.5, 0.6) is 0 Å². The lowest BCUT2D eigenvalue weighted by atomic mass is 10.0. The van der Waals surface area contributed by atoms with Crippen molar-refractivity contribution in [2.24, 2.45) is 0 Å². The van der Waals surface area contributed by atoms with Gasteiger partial charge in [0.1, 0.15) is 0 Å². The molecule has 0 saturated heterocycles. The van der Waals surface area contributed by atoms with Gasteiger partial charge >= 0.3 is 0 Å². The SMILES string of the molecule is CCc1ccc([C@H](N[C@H](C)C(=O)Nc2ccc(C(C)=O)cc2)c2cccs2)cc1. The zero-order valence-electron chi connectivity index (χ0n) is 16.9. The van der Waals surface area contributed by atoms with E-state index in [0.29, 0.717) is 11.3 Å². The number of rotatable bonds is 8. The van der Waals surface area contributed by atoms with Crippen LogP contribution in [0.3, 0.4) is 0 Å². The van der Waals surface area contributed by atoms with Crippen LogP contribution >= 0.6 is 11.3 Å². The van der Waals surface area contributed by atoms with Crippen molar-refractivity contribution in [2.75, 3.05) is 5.32 Å². The molecular formula is C24H26N2O2S. The molecule has 1 aromatic heterocycles. The van der Waals surface area contributed by atoms with Crippen LogP contribution in [0.25, 0.3) is 0 Å². The summed E-state index contributed by atoms with van der Waals surface area (Å²) in [5.41, 5.74) is 3.73. The number of carbonyl (C=O) groups excluding carboxylic acids is 2. The maximum absolute atomic E-state index is 12.7. The van der Waals surface area contributed by atoms with Gasteiger partial charge in [0, 0.05) is 16.1 Å². The van der Waals surface area contributed by atoms with Gasteiger partial charge in [-0.25, -0.2) is 0 Å². The predicted octanol–water partition coefficient (Wildman–Crippen LogP) is 5.22. The summed E-state index contributed by atoms with van der Waals surface area (Å²) in [6, 6.07) is 19.1. The van der Waals surface area contributed by atoms with Crippen LogP contribution in [0.15, 0.2) is 66.0 Å². The number of nitrogens with one attached hydrogen (secondary N) is 2. The lowest BCUT2D eigenvalue weighted by Gasteiger charge is -2.23. The Bertz CT molecular complexity index is 948. The normalized spacial score (nSPS) is 12.9. The van der Waals surface area contributed by atoms with Crippen LogP contribution in [-0.2, 0) is 11.2 Å². The van der Waals surface area contributed by atoms with Crippen molar-refractivity contribution in [3.8, 4) is 0 Å². The zero-order chi connectivity index (χ0) is 20.8. The fourth-order valence-electron chi connectivity index (χ4n) is 3.11. The molecule has 0 bridgehead atoms. The van der Waals surface area contributed by atoms with Crippen molar-refractivity contribution in [3.63, 3.8) is 0 Å². The van der Waals surface area contributed by atoms with Gasteiger partial charge in [0.15, 0.2) is 5.78 Å². The summed E-state index contributed by atoms with van der Waals surface area (Å²) in [6.07, 6.45) is 0.999. The van der Waals surface area contributed by atoms with E-state index in [1.54, 1.807) is 35.6 Å². The molecule has 1 amide bonds. The Balaban J connectivity index is 1.72. The van der Waals surface area contributed by atoms with Crippen molar-refractivity contribution >= 4 is 28.7 Å². The number of Topliss-reactive ketones (excluding diaryl/α,β-unsaturated/α-hetero) is 1. The van der Waals surface area contributed by atoms with Gasteiger partial charge in [0.05, 0.1) is 12.1 Å². The molecule has 0 saturated carbocycles. The van der Waals surface area contributed by atoms with Crippen LogP contribution in [-0.4, -0.2) is 17.7 Å². The van der Waals surface area contributed by atoms with Crippen molar-refractivity contribution in [1.82, 2.24) is 5.32 Å². The van der Waals surface area contributed by atoms with Gasteiger partial charge in [0.2, 0.25) is 5.91 Å². The number of anilines is 1. The highest BCUT2D eigenvalue weighted by Crippen LogP contribution is 2.27. The van der Waals surface area contributed by atoms with E-state index in [2.05, 4.69) is 47.9 Å². The second-order valence-corrected chi connectivity index (χ2v) is 8.03. The van der Waals surface area contributed by atoms with E-state index in [0.717, 1.165) is 12.0 Å². The van der Waals surface area contributed by atoms with Crippen molar-refractivity contribution in [3.05, 3.63) is 87.6 Å². The Kier molecular flexibility index (Phi) is 6.96. The van der Waals surface area contributed by atoms with Gasteiger partial charge in [-0.2, -0.15) is 0 Å². The molecule has 5 heteroatoms. The van der Waals surface area contributed by atoms with E-state index in [-0.39, 0.29) is 17.7 Å². The number of hydrogen-bond donors (Lipinski definition) is 2. The van der Waals surface area contributed by atoms with E-state index in [1.165, 1.54) is 17.4 Å². The molecule has 0 fully saturated rings. The molecule has 29 heavy (non-hydrogen) atoms. The van der Waals surface area contributed by atoms with Gasteiger partial charge in [-0.15, -0.1) is 11.3 Å². The quantitative estimate of drug-likeness (QED) is 0.504. The van der Waals surface area contributed by atoms with Crippen LogP contribution in [0.2, 0.25) is 0 Å². The van der Waals surface area contributed by atoms with Gasteiger partial charge in [-0.3, -0.25) is 14.9 Å². The number of carbonyl (C=O) groups is 2. The van der Waals surface area contributed by atoms with E-state index >= 15 is 0 Å². The molecule has 4 nitrogen and oxygen atoms in total. The first kappa shape index (κ1) is 21.0. The Morgan fingerprint density at radius 3 is 2.24 bits per heavy atom. The molecule has 2 atom stereocenters. The number of benzene rings is 2. The highest BCUT2D eigenvalue weighted by atomic mass is 32.1. The average molecular weight is 407 g/mol. The lowest BCUT2D eigenvalue weighted by Crippen LogP contribution is -2.40. The molecule has 0 radical (unpaired) electrons. The number of hydrogen-bond acceptors (Lipinski definition) is 4. The Labute approximate surface area is 176 Å². The van der Waals surface area contributed by atoms with E-state index in [4.69, 9.17) is 0 Å². The third-order valence-electron chi connectivity index (χ3n) is 4.92. The Morgan fingerprint density at radius 1 is 1.00 bits per heavy atom. The first-order valence-corrected chi connectivity index (χ1v) is 10.7. The minimum Gasteiger partial charge on any atom is -0.325 e. The topological polar surface area (TPSA) is 58.2 Å². The molecule has 0 unspecified atom stereocenters. The first-order chi connectivity index (χ1) is 14.0. The third kappa shape index (κ3) is 5.40. The second kappa shape index (κ2) is 9.63. The van der Waals surface area contributed by atoms with Gasteiger partial charge in [-0.1, -0.05) is 37.3 Å². The van der Waals surface area contributed by atoms with Crippen molar-refractivity contribution in [2.45, 2.75) is 39.3 Å². The maximum Gasteiger partial charge on any atom is 0.241 e. The smallest absolute Gasteiger partial charge is 0.241 e. The van der Waals surface area contributed by atoms with Crippen LogP contribution in [0.4, 0.5) is 5.69 Å². The molecule has 1 heterocycles. The molecule has 0 aliphatic rings. The Morgan fingerprint density at radius 2 is 1.69 bits per heavy atom. The molecule has 3 aromatic rings. The number of amides is 1. The van der Waals surface area contributed by atoms with Crippen molar-refractivity contribution in [1.29, 1.82) is 0 Å². The summed E-state index contributed by atoms with van der Waals surface area (Å²) in [5.74, 6) is -0.113. The second-order valence-electron chi connectivity index (χ2n) is 7.05. The van der Waals surface area contributed by atoms with Crippen LogP contribution in [0.1, 0.15) is 53.2 Å². The van der Waals surface area contributed by atoms with Crippen LogP contribution < -0.4 is 10.6 Å². The monoisotopic (exact) mass is 406 g/mol. The lowest BCUT2D eigenvalue weighted by molar-refractivity contribution is -0.117. The fraction of sp³-hybridized carbons (Fsp3) is 0.250. The summed E-state index contributed by atoms with van der Waals surface area (Å²) < 4.78 is 0. The van der Waals surface area contributed by atoms with Gasteiger partial charge in [-0.05, 0) is 67.1 Å². The predicted molar refractivity (Wildman–Crippen MR) is 120 cm³/mol. The minimum absolute atomic E-state index is 0.00536. The molecule has 2 aromatic carbocycles. The summed E-state index contributed by atoms with van der Waals surface area (Å²) in [5, 5.41) is 8.43. The van der Waals surface area contributed by atoms with Gasteiger partial charge in [0.25, 0.3) is 0 Å². The van der Waals surface area contributed by atoms with Crippen molar-refractivity contribution < 1.29 is 9.59 Å². The molecule has 0 aliphatic heterocycles. The fourth-order valence-corrected chi connectivity index (χ4v) is 3.92. The van der Waals surface area contributed by atoms with Gasteiger partial charge < -0.3 is 5.32 Å². The summed E-state index contributed by atoms with van der Waals surface area (Å²) in [6.45, 7) is 5.52. The zero-order valence-corrected chi connectivity index (χ0v) is 17.8. The Hall–Kier alpha value is -2.76. The highest BCUT2D eigenvalue weighted by Gasteiger charge is 2.21. The molecule has 150 valence electrons. The minimum atomic E-state index is -0.402. The highest BCUT2D eigenvalue weighted by molar-refractivity contribution is 7.10. The summed E-state index contributed by atoms with van der Waals surface area (Å²) in [7, 11) is 0. The molecular weight excluding hydrogens is 380 g/mol. The molecule has 3 rings (SSSR count). The average Bonchev–Trinajstić information content (AvgIpc) is 3.27. The summed E-state index contributed by atoms with van der Waals surface area (Å²) >= 11 is 1.67. The molecule has 2 N–H and O–H groups in total. The maximum atomic E-state index is 12.7. The number of ketones is 1.